The van der Waals surface area contributed by atoms with Crippen molar-refractivity contribution in [2.45, 2.75) is 6.92 Å². The predicted octanol–water partition coefficient (Wildman–Crippen LogP) is 3.96. The van der Waals surface area contributed by atoms with E-state index in [1.807, 2.05) is 31.2 Å². The molecule has 2 aromatic carbocycles. The summed E-state index contributed by atoms with van der Waals surface area (Å²) in [5.41, 5.74) is 7.29. The maximum atomic E-state index is 12.2. The summed E-state index contributed by atoms with van der Waals surface area (Å²) in [5.74, 6) is -0.675. The Morgan fingerprint density at radius 1 is 1.14 bits per heavy atom. The number of hydrogen-bond acceptors (Lipinski definition) is 6. The number of anilines is 3. The third-order valence-electron chi connectivity index (χ3n) is 3.60. The van der Waals surface area contributed by atoms with Crippen molar-refractivity contribution in [1.29, 1.82) is 0 Å². The minimum absolute atomic E-state index is 0.0144. The van der Waals surface area contributed by atoms with Crippen LogP contribution in [0.2, 0.25) is 5.02 Å². The second-order valence-electron chi connectivity index (χ2n) is 5.84. The van der Waals surface area contributed by atoms with Crippen LogP contribution in [0.25, 0.3) is 0 Å². The number of nitrogens with one attached hydrogen (secondary N) is 2. The number of aryl methyl sites for hydroxylation is 1. The number of amides is 2. The standard InChI is InChI=1S/C19H17ClN4O3S/c1-11-2-6-13(7-3-11)22-19-24-16(17(21)26)18(28-19)23-15(25)10-27-14-8-4-12(20)5-9-14/h2-9H,10H2,1H3,(H2,21,26)(H,22,24)(H,23,25). The van der Waals surface area contributed by atoms with Crippen molar-refractivity contribution < 1.29 is 14.3 Å². The first kappa shape index (κ1) is 19.7. The summed E-state index contributed by atoms with van der Waals surface area (Å²) in [6.45, 7) is 1.75. The lowest BCUT2D eigenvalue weighted by Gasteiger charge is -2.06. The van der Waals surface area contributed by atoms with Crippen LogP contribution in [0.1, 0.15) is 16.1 Å². The number of carbonyl (C=O) groups is 2. The molecule has 9 heteroatoms. The molecule has 1 aromatic heterocycles. The van der Waals surface area contributed by atoms with Crippen molar-refractivity contribution in [3.8, 4) is 5.75 Å². The van der Waals surface area contributed by atoms with Crippen molar-refractivity contribution >= 4 is 50.6 Å². The molecule has 0 saturated carbocycles. The average Bonchev–Trinajstić information content (AvgIpc) is 3.05. The monoisotopic (exact) mass is 416 g/mol. The van der Waals surface area contributed by atoms with Crippen molar-refractivity contribution in [2.24, 2.45) is 5.73 Å². The Labute approximate surface area is 170 Å². The molecule has 0 aliphatic carbocycles. The van der Waals surface area contributed by atoms with Gasteiger partial charge in [-0.1, -0.05) is 40.6 Å². The number of halogens is 1. The van der Waals surface area contributed by atoms with Gasteiger partial charge >= 0.3 is 0 Å². The molecule has 0 radical (unpaired) electrons. The molecule has 144 valence electrons. The van der Waals surface area contributed by atoms with Gasteiger partial charge in [0, 0.05) is 10.7 Å². The fraction of sp³-hybridized carbons (Fsp3) is 0.105. The minimum Gasteiger partial charge on any atom is -0.484 e. The van der Waals surface area contributed by atoms with E-state index < -0.39 is 11.8 Å². The van der Waals surface area contributed by atoms with Crippen LogP contribution in [0.3, 0.4) is 0 Å². The fourth-order valence-corrected chi connectivity index (χ4v) is 3.26. The number of nitrogens with two attached hydrogens (primary N) is 1. The average molecular weight is 417 g/mol. The predicted molar refractivity (Wildman–Crippen MR) is 111 cm³/mol. The number of ether oxygens (including phenoxy) is 1. The lowest BCUT2D eigenvalue weighted by atomic mass is 10.2. The van der Waals surface area contributed by atoms with E-state index in [1.165, 1.54) is 0 Å². The van der Waals surface area contributed by atoms with E-state index in [9.17, 15) is 9.59 Å². The summed E-state index contributed by atoms with van der Waals surface area (Å²) in [7, 11) is 0. The largest absolute Gasteiger partial charge is 0.484 e. The Hall–Kier alpha value is -3.10. The summed E-state index contributed by atoms with van der Waals surface area (Å²) in [6.07, 6.45) is 0. The molecule has 7 nitrogen and oxygen atoms in total. The fourth-order valence-electron chi connectivity index (χ4n) is 2.23. The highest BCUT2D eigenvalue weighted by Gasteiger charge is 2.18. The van der Waals surface area contributed by atoms with Gasteiger partial charge in [-0.3, -0.25) is 9.59 Å². The Morgan fingerprint density at radius 2 is 1.82 bits per heavy atom. The number of carbonyl (C=O) groups excluding carboxylic acids is 2. The quantitative estimate of drug-likeness (QED) is 0.540. The van der Waals surface area contributed by atoms with Crippen molar-refractivity contribution in [1.82, 2.24) is 4.98 Å². The van der Waals surface area contributed by atoms with Crippen LogP contribution in [0.5, 0.6) is 5.75 Å². The normalized spacial score (nSPS) is 10.4. The van der Waals surface area contributed by atoms with Crippen molar-refractivity contribution in [3.63, 3.8) is 0 Å². The molecule has 0 spiro atoms. The zero-order chi connectivity index (χ0) is 20.1. The molecule has 0 aliphatic rings. The third kappa shape index (κ3) is 5.21. The van der Waals surface area contributed by atoms with Crippen LogP contribution in [0.4, 0.5) is 15.8 Å². The van der Waals surface area contributed by atoms with Crippen molar-refractivity contribution in [3.05, 3.63) is 64.8 Å². The molecule has 3 aromatic rings. The van der Waals surface area contributed by atoms with Gasteiger partial charge in [0.05, 0.1) is 0 Å². The lowest BCUT2D eigenvalue weighted by molar-refractivity contribution is -0.118. The first-order valence-electron chi connectivity index (χ1n) is 8.23. The highest BCUT2D eigenvalue weighted by molar-refractivity contribution is 7.20. The molecule has 0 atom stereocenters. The number of aromatic nitrogens is 1. The van der Waals surface area contributed by atoms with E-state index in [2.05, 4.69) is 15.6 Å². The van der Waals surface area contributed by atoms with E-state index in [-0.39, 0.29) is 17.3 Å². The number of benzene rings is 2. The third-order valence-corrected chi connectivity index (χ3v) is 4.74. The second kappa shape index (κ2) is 8.73. The Balaban J connectivity index is 1.67. The molecule has 2 amide bonds. The highest BCUT2D eigenvalue weighted by atomic mass is 35.5. The van der Waals surface area contributed by atoms with Crippen LogP contribution in [-0.4, -0.2) is 23.4 Å². The van der Waals surface area contributed by atoms with E-state index >= 15 is 0 Å². The topological polar surface area (TPSA) is 106 Å². The summed E-state index contributed by atoms with van der Waals surface area (Å²) in [5, 5.41) is 6.97. The SMILES string of the molecule is Cc1ccc(Nc2nc(C(N)=O)c(NC(=O)COc3ccc(Cl)cc3)s2)cc1. The Bertz CT molecular complexity index is 987. The lowest BCUT2D eigenvalue weighted by Crippen LogP contribution is -2.22. The molecular weight excluding hydrogens is 400 g/mol. The van der Waals surface area contributed by atoms with Gasteiger partial charge in [0.15, 0.2) is 17.4 Å². The number of rotatable bonds is 7. The van der Waals surface area contributed by atoms with Crippen LogP contribution in [0.15, 0.2) is 48.5 Å². The molecule has 0 bridgehead atoms. The van der Waals surface area contributed by atoms with Crippen LogP contribution >= 0.6 is 22.9 Å². The number of hydrogen-bond donors (Lipinski definition) is 3. The first-order valence-corrected chi connectivity index (χ1v) is 9.42. The first-order chi connectivity index (χ1) is 13.4. The molecule has 0 unspecified atom stereocenters. The molecular formula is C19H17ClN4O3S. The van der Waals surface area contributed by atoms with Gasteiger partial charge in [0.25, 0.3) is 11.8 Å². The molecule has 4 N–H and O–H groups in total. The maximum Gasteiger partial charge on any atom is 0.270 e. The summed E-state index contributed by atoms with van der Waals surface area (Å²) >= 11 is 6.92. The molecule has 3 rings (SSSR count). The second-order valence-corrected chi connectivity index (χ2v) is 7.28. The van der Waals surface area contributed by atoms with Gasteiger partial charge in [0.2, 0.25) is 0 Å². The molecule has 0 saturated heterocycles. The molecule has 1 heterocycles. The van der Waals surface area contributed by atoms with E-state index in [4.69, 9.17) is 22.1 Å². The number of nitrogens with zero attached hydrogens (tertiary/aromatic N) is 1. The smallest absolute Gasteiger partial charge is 0.270 e. The zero-order valence-corrected chi connectivity index (χ0v) is 16.4. The van der Waals surface area contributed by atoms with Gasteiger partial charge in [-0.25, -0.2) is 4.98 Å². The van der Waals surface area contributed by atoms with Gasteiger partial charge in [-0.2, -0.15) is 0 Å². The van der Waals surface area contributed by atoms with Crippen LogP contribution in [0, 0.1) is 6.92 Å². The summed E-state index contributed by atoms with van der Waals surface area (Å²) in [4.78, 5) is 28.0. The summed E-state index contributed by atoms with van der Waals surface area (Å²) < 4.78 is 5.39. The zero-order valence-electron chi connectivity index (χ0n) is 14.9. The van der Waals surface area contributed by atoms with Crippen molar-refractivity contribution in [2.75, 3.05) is 17.2 Å². The Morgan fingerprint density at radius 3 is 2.46 bits per heavy atom. The van der Waals surface area contributed by atoms with E-state index in [1.54, 1.807) is 24.3 Å². The van der Waals surface area contributed by atoms with Crippen LogP contribution < -0.4 is 21.1 Å². The van der Waals surface area contributed by atoms with E-state index in [0.29, 0.717) is 15.9 Å². The molecule has 0 fully saturated rings. The van der Waals surface area contributed by atoms with Crippen LogP contribution in [-0.2, 0) is 4.79 Å². The van der Waals surface area contributed by atoms with Gasteiger partial charge in [-0.15, -0.1) is 0 Å². The minimum atomic E-state index is -0.734. The number of thiazole rings is 1. The van der Waals surface area contributed by atoms with Gasteiger partial charge < -0.3 is 21.1 Å². The number of primary amides is 1. The van der Waals surface area contributed by atoms with Gasteiger partial charge in [0.1, 0.15) is 10.8 Å². The molecule has 28 heavy (non-hydrogen) atoms. The highest BCUT2D eigenvalue weighted by Crippen LogP contribution is 2.30. The van der Waals surface area contributed by atoms with Gasteiger partial charge in [-0.05, 0) is 43.3 Å². The maximum absolute atomic E-state index is 12.2. The summed E-state index contributed by atoms with van der Waals surface area (Å²) in [6, 6.07) is 14.3. The molecule has 0 aliphatic heterocycles. The van der Waals surface area contributed by atoms with E-state index in [0.717, 1.165) is 22.6 Å². The Kier molecular flexibility index (Phi) is 6.13.